The first-order chi connectivity index (χ1) is 15.0. The second-order valence-electron chi connectivity index (χ2n) is 7.37. The lowest BCUT2D eigenvalue weighted by atomic mass is 9.96. The van der Waals surface area contributed by atoms with Crippen LogP contribution in [0.5, 0.6) is 0 Å². The number of benzene rings is 1. The van der Waals surface area contributed by atoms with Gasteiger partial charge in [0, 0.05) is 42.9 Å². The fraction of sp³-hybridized carbons (Fsp3) is 0.318. The van der Waals surface area contributed by atoms with E-state index in [9.17, 15) is 9.59 Å². The summed E-state index contributed by atoms with van der Waals surface area (Å²) in [7, 11) is 0. The van der Waals surface area contributed by atoms with Gasteiger partial charge in [-0.15, -0.1) is 0 Å². The number of piperidine rings is 1. The molecule has 0 atom stereocenters. The highest BCUT2D eigenvalue weighted by molar-refractivity contribution is 6.29. The number of likely N-dealkylation sites (tertiary alicyclic amines) is 1. The van der Waals surface area contributed by atoms with Gasteiger partial charge in [0.05, 0.1) is 5.56 Å². The highest BCUT2D eigenvalue weighted by Gasteiger charge is 2.28. The van der Waals surface area contributed by atoms with Crippen molar-refractivity contribution in [1.82, 2.24) is 20.0 Å². The van der Waals surface area contributed by atoms with Crippen LogP contribution < -0.4 is 5.32 Å². The summed E-state index contributed by atoms with van der Waals surface area (Å²) in [5, 5.41) is 7.30. The molecule has 0 bridgehead atoms. The molecule has 1 aliphatic heterocycles. The van der Waals surface area contributed by atoms with Crippen LogP contribution in [0.3, 0.4) is 0 Å². The van der Waals surface area contributed by atoms with E-state index in [0.29, 0.717) is 47.6 Å². The number of pyridine rings is 1. The van der Waals surface area contributed by atoms with Crippen molar-refractivity contribution < 1.29 is 14.1 Å². The van der Waals surface area contributed by atoms with Crippen molar-refractivity contribution in [3.8, 4) is 11.4 Å². The van der Waals surface area contributed by atoms with Crippen LogP contribution in [0.1, 0.15) is 48.4 Å². The van der Waals surface area contributed by atoms with Gasteiger partial charge in [-0.1, -0.05) is 35.8 Å². The minimum atomic E-state index is -0.0558. The Morgan fingerprint density at radius 1 is 1.23 bits per heavy atom. The first kappa shape index (κ1) is 21.0. The van der Waals surface area contributed by atoms with Crippen LogP contribution in [0.2, 0.25) is 5.15 Å². The molecular weight excluding hydrogens is 418 g/mol. The maximum absolute atomic E-state index is 12.6. The number of carbonyl (C=O) groups excluding carboxylic acids is 2. The van der Waals surface area contributed by atoms with Crippen molar-refractivity contribution >= 4 is 29.1 Å². The van der Waals surface area contributed by atoms with Crippen LogP contribution in [0.4, 0.5) is 5.69 Å². The van der Waals surface area contributed by atoms with Crippen LogP contribution in [-0.4, -0.2) is 44.9 Å². The zero-order valence-electron chi connectivity index (χ0n) is 17.0. The maximum Gasteiger partial charge on any atom is 0.255 e. The standard InChI is InChI=1S/C22H22ClN5O3/c1-2-19(29)25-17-5-3-4-15(12-17)20-26-21(31-27-20)14-8-10-28(11-9-14)22(30)16-6-7-18(23)24-13-16/h3-7,12-14H,2,8-11H2,1H3,(H,25,29). The third-order valence-corrected chi connectivity index (χ3v) is 5.50. The van der Waals surface area contributed by atoms with Crippen LogP contribution in [0.15, 0.2) is 47.1 Å². The molecule has 160 valence electrons. The van der Waals surface area contributed by atoms with Crippen molar-refractivity contribution in [2.45, 2.75) is 32.1 Å². The molecule has 1 aliphatic rings. The molecule has 2 aromatic heterocycles. The number of hydrogen-bond acceptors (Lipinski definition) is 6. The molecule has 0 radical (unpaired) electrons. The molecule has 0 saturated carbocycles. The molecule has 3 aromatic rings. The topological polar surface area (TPSA) is 101 Å². The van der Waals surface area contributed by atoms with Crippen molar-refractivity contribution in [2.24, 2.45) is 0 Å². The molecule has 1 fully saturated rings. The Labute approximate surface area is 184 Å². The third-order valence-electron chi connectivity index (χ3n) is 5.27. The van der Waals surface area contributed by atoms with Gasteiger partial charge in [0.2, 0.25) is 17.6 Å². The normalized spacial score (nSPS) is 14.5. The van der Waals surface area contributed by atoms with E-state index in [1.807, 2.05) is 24.3 Å². The summed E-state index contributed by atoms with van der Waals surface area (Å²) in [4.78, 5) is 34.6. The van der Waals surface area contributed by atoms with Gasteiger partial charge in [-0.05, 0) is 37.1 Å². The zero-order valence-corrected chi connectivity index (χ0v) is 17.8. The van der Waals surface area contributed by atoms with Gasteiger partial charge in [0.15, 0.2) is 0 Å². The van der Waals surface area contributed by atoms with E-state index in [2.05, 4.69) is 20.4 Å². The Balaban J connectivity index is 1.39. The first-order valence-corrected chi connectivity index (χ1v) is 10.6. The Morgan fingerprint density at radius 3 is 2.74 bits per heavy atom. The van der Waals surface area contributed by atoms with Gasteiger partial charge in [0.1, 0.15) is 5.15 Å². The molecule has 3 heterocycles. The predicted molar refractivity (Wildman–Crippen MR) is 116 cm³/mol. The molecule has 8 nitrogen and oxygen atoms in total. The highest BCUT2D eigenvalue weighted by atomic mass is 35.5. The number of rotatable bonds is 5. The predicted octanol–water partition coefficient (Wildman–Crippen LogP) is 4.15. The Morgan fingerprint density at radius 2 is 2.03 bits per heavy atom. The summed E-state index contributed by atoms with van der Waals surface area (Å²) < 4.78 is 5.52. The monoisotopic (exact) mass is 439 g/mol. The quantitative estimate of drug-likeness (QED) is 0.599. The number of hydrogen-bond donors (Lipinski definition) is 1. The van der Waals surface area contributed by atoms with E-state index >= 15 is 0 Å². The summed E-state index contributed by atoms with van der Waals surface area (Å²) in [5.41, 5.74) is 1.99. The summed E-state index contributed by atoms with van der Waals surface area (Å²) >= 11 is 5.79. The Bertz CT molecular complexity index is 1070. The maximum atomic E-state index is 12.6. The molecule has 2 amide bonds. The van der Waals surface area contributed by atoms with Crippen LogP contribution in [0, 0.1) is 0 Å². The van der Waals surface area contributed by atoms with E-state index in [0.717, 1.165) is 18.4 Å². The average molecular weight is 440 g/mol. The Hall–Kier alpha value is -3.26. The van der Waals surface area contributed by atoms with Crippen LogP contribution in [-0.2, 0) is 4.79 Å². The fourth-order valence-electron chi connectivity index (χ4n) is 3.52. The SMILES string of the molecule is CCC(=O)Nc1cccc(-c2noc(C3CCN(C(=O)c4ccc(Cl)nc4)CC3)n2)c1. The zero-order chi connectivity index (χ0) is 21.8. The van der Waals surface area contributed by atoms with Crippen molar-refractivity contribution in [1.29, 1.82) is 0 Å². The third kappa shape index (κ3) is 4.91. The van der Waals surface area contributed by atoms with Gasteiger partial charge in [-0.25, -0.2) is 4.98 Å². The second kappa shape index (κ2) is 9.26. The smallest absolute Gasteiger partial charge is 0.255 e. The number of amides is 2. The van der Waals surface area contributed by atoms with Gasteiger partial charge in [-0.2, -0.15) is 4.98 Å². The molecule has 9 heteroatoms. The molecule has 1 aromatic carbocycles. The minimum Gasteiger partial charge on any atom is -0.339 e. The fourth-order valence-corrected chi connectivity index (χ4v) is 3.63. The molecule has 31 heavy (non-hydrogen) atoms. The van der Waals surface area contributed by atoms with Crippen molar-refractivity contribution in [3.63, 3.8) is 0 Å². The van der Waals surface area contributed by atoms with E-state index in [4.69, 9.17) is 16.1 Å². The number of carbonyl (C=O) groups is 2. The first-order valence-electron chi connectivity index (χ1n) is 10.2. The molecule has 0 unspecified atom stereocenters. The van der Waals surface area contributed by atoms with E-state index in [1.54, 1.807) is 24.0 Å². The number of aromatic nitrogens is 3. The summed E-state index contributed by atoms with van der Waals surface area (Å²) in [6.07, 6.45) is 3.38. The molecule has 4 rings (SSSR count). The molecule has 0 aliphatic carbocycles. The second-order valence-corrected chi connectivity index (χ2v) is 7.76. The summed E-state index contributed by atoms with van der Waals surface area (Å²) in [6, 6.07) is 10.7. The summed E-state index contributed by atoms with van der Waals surface area (Å²) in [6.45, 7) is 3.00. The van der Waals surface area contributed by atoms with Crippen molar-refractivity contribution in [2.75, 3.05) is 18.4 Å². The van der Waals surface area contributed by atoms with Gasteiger partial charge in [0.25, 0.3) is 5.91 Å². The summed E-state index contributed by atoms with van der Waals surface area (Å²) in [5.74, 6) is 1.03. The minimum absolute atomic E-state index is 0.0540. The van der Waals surface area contributed by atoms with E-state index < -0.39 is 0 Å². The molecular formula is C22H22ClN5O3. The number of nitrogens with zero attached hydrogens (tertiary/aromatic N) is 4. The average Bonchev–Trinajstić information content (AvgIpc) is 3.30. The van der Waals surface area contributed by atoms with Crippen LogP contribution in [0.25, 0.3) is 11.4 Å². The highest BCUT2D eigenvalue weighted by Crippen LogP contribution is 2.29. The van der Waals surface area contributed by atoms with Gasteiger partial charge in [-0.3, -0.25) is 9.59 Å². The van der Waals surface area contributed by atoms with Crippen molar-refractivity contribution in [3.05, 3.63) is 59.2 Å². The molecule has 1 N–H and O–H groups in total. The number of nitrogens with one attached hydrogen (secondary N) is 1. The van der Waals surface area contributed by atoms with Gasteiger partial charge >= 0.3 is 0 Å². The number of halogens is 1. The lowest BCUT2D eigenvalue weighted by Gasteiger charge is -2.30. The lowest BCUT2D eigenvalue weighted by Crippen LogP contribution is -2.38. The molecule has 1 saturated heterocycles. The number of anilines is 1. The largest absolute Gasteiger partial charge is 0.339 e. The van der Waals surface area contributed by atoms with Gasteiger partial charge < -0.3 is 14.7 Å². The lowest BCUT2D eigenvalue weighted by molar-refractivity contribution is -0.115. The molecule has 0 spiro atoms. The van der Waals surface area contributed by atoms with E-state index in [1.165, 1.54) is 6.20 Å². The Kier molecular flexibility index (Phi) is 6.27. The van der Waals surface area contributed by atoms with E-state index in [-0.39, 0.29) is 17.7 Å². The van der Waals surface area contributed by atoms with Crippen LogP contribution >= 0.6 is 11.6 Å².